The number of nitrogens with one attached hydrogen (secondary N) is 1. The summed E-state index contributed by atoms with van der Waals surface area (Å²) >= 11 is 0. The highest BCUT2D eigenvalue weighted by Gasteiger charge is 2.11. The molecule has 2 rings (SSSR count). The van der Waals surface area contributed by atoms with Crippen LogP contribution in [-0.2, 0) is 6.54 Å². The van der Waals surface area contributed by atoms with Crippen LogP contribution in [-0.4, -0.2) is 6.54 Å². The Kier molecular flexibility index (Phi) is 5.30. The van der Waals surface area contributed by atoms with Crippen molar-refractivity contribution in [2.45, 2.75) is 45.1 Å². The molecule has 0 radical (unpaired) electrons. The summed E-state index contributed by atoms with van der Waals surface area (Å²) in [5.41, 5.74) is 2.28. The molecule has 1 saturated carbocycles. The Balaban J connectivity index is 1.72. The summed E-state index contributed by atoms with van der Waals surface area (Å²) < 4.78 is 0. The molecule has 18 heavy (non-hydrogen) atoms. The molecule has 0 unspecified atom stereocenters. The van der Waals surface area contributed by atoms with E-state index in [0.717, 1.165) is 24.6 Å². The Bertz CT molecular complexity index is 377. The second-order valence-corrected chi connectivity index (χ2v) is 5.33. The van der Waals surface area contributed by atoms with Crippen molar-refractivity contribution in [1.29, 1.82) is 0 Å². The topological polar surface area (TPSA) is 12.0 Å². The van der Waals surface area contributed by atoms with Crippen molar-refractivity contribution in [1.82, 2.24) is 5.32 Å². The quantitative estimate of drug-likeness (QED) is 0.625. The van der Waals surface area contributed by atoms with E-state index in [4.69, 9.17) is 6.42 Å². The molecule has 1 aliphatic carbocycles. The van der Waals surface area contributed by atoms with Gasteiger partial charge in [0.2, 0.25) is 0 Å². The molecule has 0 saturated heterocycles. The third kappa shape index (κ3) is 4.20. The molecule has 0 aliphatic heterocycles. The minimum absolute atomic E-state index is 0.887. The third-order valence-corrected chi connectivity index (χ3v) is 3.86. The zero-order valence-corrected chi connectivity index (χ0v) is 11.1. The highest BCUT2D eigenvalue weighted by molar-refractivity contribution is 5.34. The van der Waals surface area contributed by atoms with Crippen LogP contribution in [0.4, 0.5) is 0 Å². The van der Waals surface area contributed by atoms with Gasteiger partial charge in [-0.2, -0.15) is 0 Å². The SMILES string of the molecule is C#Cc1ccc(CNCC2CCCCCC2)cc1. The first-order chi connectivity index (χ1) is 8.88. The molecular weight excluding hydrogens is 218 g/mol. The van der Waals surface area contributed by atoms with Gasteiger partial charge in [-0.3, -0.25) is 0 Å². The lowest BCUT2D eigenvalue weighted by Gasteiger charge is -2.14. The fraction of sp³-hybridized carbons (Fsp3) is 0.529. The molecule has 96 valence electrons. The van der Waals surface area contributed by atoms with Gasteiger partial charge in [0.15, 0.2) is 0 Å². The van der Waals surface area contributed by atoms with Gasteiger partial charge in [0, 0.05) is 12.1 Å². The lowest BCUT2D eigenvalue weighted by molar-refractivity contribution is 0.425. The molecule has 0 heterocycles. The Morgan fingerprint density at radius 1 is 1.06 bits per heavy atom. The fourth-order valence-electron chi connectivity index (χ4n) is 2.71. The van der Waals surface area contributed by atoms with Crippen LogP contribution < -0.4 is 5.32 Å². The summed E-state index contributed by atoms with van der Waals surface area (Å²) in [6.07, 6.45) is 13.9. The van der Waals surface area contributed by atoms with Gasteiger partial charge in [-0.1, -0.05) is 43.7 Å². The van der Waals surface area contributed by atoms with Crippen molar-refractivity contribution in [2.75, 3.05) is 6.54 Å². The van der Waals surface area contributed by atoms with Crippen molar-refractivity contribution in [3.8, 4) is 12.3 Å². The molecule has 1 nitrogen and oxygen atoms in total. The molecule has 0 aromatic heterocycles. The molecule has 1 aromatic rings. The second-order valence-electron chi connectivity index (χ2n) is 5.33. The maximum Gasteiger partial charge on any atom is 0.0242 e. The summed E-state index contributed by atoms with van der Waals surface area (Å²) in [6.45, 7) is 2.12. The van der Waals surface area contributed by atoms with Crippen molar-refractivity contribution < 1.29 is 0 Å². The Hall–Kier alpha value is -1.26. The predicted molar refractivity (Wildman–Crippen MR) is 77.3 cm³/mol. The van der Waals surface area contributed by atoms with Gasteiger partial charge in [0.05, 0.1) is 0 Å². The van der Waals surface area contributed by atoms with Gasteiger partial charge < -0.3 is 5.32 Å². The maximum absolute atomic E-state index is 5.35. The van der Waals surface area contributed by atoms with E-state index in [0.29, 0.717) is 0 Å². The first-order valence-corrected chi connectivity index (χ1v) is 7.15. The van der Waals surface area contributed by atoms with E-state index in [1.807, 2.05) is 12.1 Å². The zero-order chi connectivity index (χ0) is 12.6. The first kappa shape index (κ1) is 13.2. The summed E-state index contributed by atoms with van der Waals surface area (Å²) in [7, 11) is 0. The first-order valence-electron chi connectivity index (χ1n) is 7.15. The molecule has 0 spiro atoms. The van der Waals surface area contributed by atoms with Gasteiger partial charge in [0.1, 0.15) is 0 Å². The van der Waals surface area contributed by atoms with E-state index in [1.54, 1.807) is 0 Å². The lowest BCUT2D eigenvalue weighted by Crippen LogP contribution is -2.22. The van der Waals surface area contributed by atoms with E-state index in [9.17, 15) is 0 Å². The minimum atomic E-state index is 0.887. The van der Waals surface area contributed by atoms with Crippen molar-refractivity contribution in [3.63, 3.8) is 0 Å². The molecule has 0 bridgehead atoms. The lowest BCUT2D eigenvalue weighted by atomic mass is 10.0. The zero-order valence-electron chi connectivity index (χ0n) is 11.1. The molecule has 1 aromatic carbocycles. The van der Waals surface area contributed by atoms with Crippen LogP contribution in [0.3, 0.4) is 0 Å². The smallest absolute Gasteiger partial charge is 0.0242 e. The Morgan fingerprint density at radius 2 is 1.72 bits per heavy atom. The summed E-state index contributed by atoms with van der Waals surface area (Å²) in [6, 6.07) is 8.27. The van der Waals surface area contributed by atoms with Crippen molar-refractivity contribution >= 4 is 0 Å². The van der Waals surface area contributed by atoms with Crippen LogP contribution in [0.2, 0.25) is 0 Å². The standard InChI is InChI=1S/C17H23N/c1-2-15-9-11-17(12-10-15)14-18-13-16-7-5-3-4-6-8-16/h1,9-12,16,18H,3-8,13-14H2. The average Bonchev–Trinajstić information content (AvgIpc) is 2.68. The number of benzene rings is 1. The summed E-state index contributed by atoms with van der Waals surface area (Å²) in [5.74, 6) is 3.54. The monoisotopic (exact) mass is 241 g/mol. The minimum Gasteiger partial charge on any atom is -0.312 e. The van der Waals surface area contributed by atoms with Gasteiger partial charge in [-0.05, 0) is 43.0 Å². The number of hydrogen-bond acceptors (Lipinski definition) is 1. The van der Waals surface area contributed by atoms with Crippen LogP contribution in [0, 0.1) is 18.3 Å². The van der Waals surface area contributed by atoms with E-state index in [-0.39, 0.29) is 0 Å². The van der Waals surface area contributed by atoms with Crippen LogP contribution >= 0.6 is 0 Å². The fourth-order valence-corrected chi connectivity index (χ4v) is 2.71. The molecule has 1 fully saturated rings. The van der Waals surface area contributed by atoms with Crippen LogP contribution in [0.1, 0.15) is 49.7 Å². The predicted octanol–water partition coefficient (Wildman–Crippen LogP) is 3.73. The average molecular weight is 241 g/mol. The van der Waals surface area contributed by atoms with Gasteiger partial charge in [-0.15, -0.1) is 6.42 Å². The summed E-state index contributed by atoms with van der Waals surface area (Å²) in [4.78, 5) is 0. The number of rotatable bonds is 4. The highest BCUT2D eigenvalue weighted by atomic mass is 14.9. The van der Waals surface area contributed by atoms with Crippen molar-refractivity contribution in [2.24, 2.45) is 5.92 Å². The van der Waals surface area contributed by atoms with E-state index in [2.05, 4.69) is 23.4 Å². The number of terminal acetylenes is 1. The van der Waals surface area contributed by atoms with Crippen molar-refractivity contribution in [3.05, 3.63) is 35.4 Å². The van der Waals surface area contributed by atoms with E-state index in [1.165, 1.54) is 44.1 Å². The summed E-state index contributed by atoms with van der Waals surface area (Å²) in [5, 5.41) is 3.58. The molecule has 1 aliphatic rings. The maximum atomic E-state index is 5.35. The van der Waals surface area contributed by atoms with E-state index < -0.39 is 0 Å². The number of hydrogen-bond donors (Lipinski definition) is 1. The molecule has 1 N–H and O–H groups in total. The Morgan fingerprint density at radius 3 is 2.33 bits per heavy atom. The Labute approximate surface area is 111 Å². The van der Waals surface area contributed by atoms with Gasteiger partial charge in [0.25, 0.3) is 0 Å². The third-order valence-electron chi connectivity index (χ3n) is 3.86. The van der Waals surface area contributed by atoms with Gasteiger partial charge >= 0.3 is 0 Å². The van der Waals surface area contributed by atoms with Gasteiger partial charge in [-0.25, -0.2) is 0 Å². The molecular formula is C17H23N. The normalized spacial score (nSPS) is 17.1. The van der Waals surface area contributed by atoms with Crippen LogP contribution in [0.25, 0.3) is 0 Å². The van der Waals surface area contributed by atoms with Crippen LogP contribution in [0.5, 0.6) is 0 Å². The van der Waals surface area contributed by atoms with Crippen LogP contribution in [0.15, 0.2) is 24.3 Å². The van der Waals surface area contributed by atoms with E-state index >= 15 is 0 Å². The highest BCUT2D eigenvalue weighted by Crippen LogP contribution is 2.22. The molecule has 1 heteroatoms. The molecule has 0 atom stereocenters. The largest absolute Gasteiger partial charge is 0.312 e. The molecule has 0 amide bonds. The second kappa shape index (κ2) is 7.24.